The first kappa shape index (κ1) is 25.2. The van der Waals surface area contributed by atoms with Gasteiger partial charge in [-0.1, -0.05) is 36.4 Å². The Labute approximate surface area is 214 Å². The second kappa shape index (κ2) is 11.7. The van der Waals surface area contributed by atoms with Gasteiger partial charge in [-0.3, -0.25) is 4.79 Å². The SMILES string of the molecule is COc1ccc(C(=O)Oc2ccc(/C=N\NC(=O)[C@H](C)Oc3cccc4ccccc34)cc2)cc1OC. The molecule has 0 spiro atoms. The Morgan fingerprint density at radius 3 is 2.32 bits per heavy atom. The molecule has 0 radical (unpaired) electrons. The molecule has 1 N–H and O–H groups in total. The molecule has 0 saturated carbocycles. The molecular weight excluding hydrogens is 472 g/mol. The topological polar surface area (TPSA) is 95.5 Å². The van der Waals surface area contributed by atoms with Crippen LogP contribution in [0.2, 0.25) is 0 Å². The Hall–Kier alpha value is -4.85. The van der Waals surface area contributed by atoms with E-state index in [1.165, 1.54) is 20.4 Å². The summed E-state index contributed by atoms with van der Waals surface area (Å²) in [5.41, 5.74) is 3.51. The zero-order valence-electron chi connectivity index (χ0n) is 20.6. The second-order valence-corrected chi connectivity index (χ2v) is 8.00. The standard InChI is InChI=1S/C29H26N2O6/c1-19(36-25-10-6-8-21-7-4-5-9-24(21)25)28(32)31-30-18-20-11-14-23(15-12-20)37-29(33)22-13-16-26(34-2)27(17-22)35-3/h4-19H,1-3H3,(H,31,32)/b30-18-/t19-/m0/s1. The van der Waals surface area contributed by atoms with Crippen LogP contribution in [0.4, 0.5) is 0 Å². The molecule has 0 saturated heterocycles. The molecule has 1 amide bonds. The highest BCUT2D eigenvalue weighted by atomic mass is 16.5. The molecule has 0 aliphatic heterocycles. The third-order valence-corrected chi connectivity index (χ3v) is 5.52. The van der Waals surface area contributed by atoms with E-state index in [9.17, 15) is 9.59 Å². The van der Waals surface area contributed by atoms with Gasteiger partial charge in [-0.15, -0.1) is 0 Å². The number of hydrogen-bond donors (Lipinski definition) is 1. The molecular formula is C29H26N2O6. The largest absolute Gasteiger partial charge is 0.493 e. The Kier molecular flexibility index (Phi) is 8.00. The molecule has 0 aromatic heterocycles. The number of hydrogen-bond acceptors (Lipinski definition) is 7. The van der Waals surface area contributed by atoms with Gasteiger partial charge in [0.15, 0.2) is 17.6 Å². The van der Waals surface area contributed by atoms with Gasteiger partial charge >= 0.3 is 5.97 Å². The fraction of sp³-hybridized carbons (Fsp3) is 0.138. The number of esters is 1. The quantitative estimate of drug-likeness (QED) is 0.151. The maximum atomic E-state index is 12.5. The number of methoxy groups -OCH3 is 2. The lowest BCUT2D eigenvalue weighted by molar-refractivity contribution is -0.127. The van der Waals surface area contributed by atoms with Crippen LogP contribution < -0.4 is 24.4 Å². The number of amides is 1. The summed E-state index contributed by atoms with van der Waals surface area (Å²) in [4.78, 5) is 24.9. The maximum Gasteiger partial charge on any atom is 0.343 e. The molecule has 4 rings (SSSR count). The number of nitrogens with one attached hydrogen (secondary N) is 1. The average molecular weight is 499 g/mol. The van der Waals surface area contributed by atoms with Gasteiger partial charge in [0.2, 0.25) is 0 Å². The number of hydrazone groups is 1. The molecule has 0 heterocycles. The molecule has 4 aromatic carbocycles. The van der Waals surface area contributed by atoms with E-state index in [0.717, 1.165) is 10.8 Å². The predicted molar refractivity (Wildman–Crippen MR) is 141 cm³/mol. The summed E-state index contributed by atoms with van der Waals surface area (Å²) in [5, 5.41) is 5.96. The van der Waals surface area contributed by atoms with Crippen LogP contribution in [-0.4, -0.2) is 38.4 Å². The minimum atomic E-state index is -0.749. The van der Waals surface area contributed by atoms with E-state index < -0.39 is 12.1 Å². The van der Waals surface area contributed by atoms with E-state index in [2.05, 4.69) is 10.5 Å². The number of nitrogens with zero attached hydrogens (tertiary/aromatic N) is 1. The third kappa shape index (κ3) is 6.24. The third-order valence-electron chi connectivity index (χ3n) is 5.52. The molecule has 0 unspecified atom stereocenters. The Balaban J connectivity index is 1.31. The summed E-state index contributed by atoms with van der Waals surface area (Å²) in [6.45, 7) is 1.66. The zero-order valence-corrected chi connectivity index (χ0v) is 20.6. The van der Waals surface area contributed by atoms with Gasteiger partial charge in [-0.25, -0.2) is 10.2 Å². The van der Waals surface area contributed by atoms with Crippen molar-refractivity contribution in [3.05, 3.63) is 96.1 Å². The number of fused-ring (bicyclic) bond motifs is 1. The highest BCUT2D eigenvalue weighted by Crippen LogP contribution is 2.28. The predicted octanol–water partition coefficient (Wildman–Crippen LogP) is 4.99. The van der Waals surface area contributed by atoms with Gasteiger partial charge in [-0.05, 0) is 66.4 Å². The van der Waals surface area contributed by atoms with E-state index in [-0.39, 0.29) is 5.91 Å². The van der Waals surface area contributed by atoms with Crippen LogP contribution in [0.3, 0.4) is 0 Å². The monoisotopic (exact) mass is 498 g/mol. The van der Waals surface area contributed by atoms with Crippen molar-refractivity contribution >= 4 is 28.9 Å². The highest BCUT2D eigenvalue weighted by molar-refractivity contribution is 5.92. The van der Waals surface area contributed by atoms with Crippen molar-refractivity contribution < 1.29 is 28.5 Å². The van der Waals surface area contributed by atoms with Crippen LogP contribution >= 0.6 is 0 Å². The van der Waals surface area contributed by atoms with Crippen LogP contribution in [-0.2, 0) is 4.79 Å². The molecule has 8 nitrogen and oxygen atoms in total. The Bertz CT molecular complexity index is 1430. The van der Waals surface area contributed by atoms with Crippen molar-refractivity contribution in [3.8, 4) is 23.0 Å². The van der Waals surface area contributed by atoms with Crippen molar-refractivity contribution in [2.75, 3.05) is 14.2 Å². The van der Waals surface area contributed by atoms with Crippen LogP contribution in [0.25, 0.3) is 10.8 Å². The summed E-state index contributed by atoms with van der Waals surface area (Å²) in [6.07, 6.45) is 0.740. The van der Waals surface area contributed by atoms with Crippen molar-refractivity contribution in [2.24, 2.45) is 5.10 Å². The number of benzene rings is 4. The van der Waals surface area contributed by atoms with Gasteiger partial charge in [0.1, 0.15) is 11.5 Å². The molecule has 0 bridgehead atoms. The zero-order chi connectivity index (χ0) is 26.2. The van der Waals surface area contributed by atoms with E-state index in [0.29, 0.717) is 34.1 Å². The van der Waals surface area contributed by atoms with Gasteiger partial charge in [0.05, 0.1) is 26.0 Å². The lowest BCUT2D eigenvalue weighted by Gasteiger charge is -2.14. The normalized spacial score (nSPS) is 11.6. The first-order chi connectivity index (χ1) is 18.0. The van der Waals surface area contributed by atoms with Crippen molar-refractivity contribution in [2.45, 2.75) is 13.0 Å². The van der Waals surface area contributed by atoms with Gasteiger partial charge < -0.3 is 18.9 Å². The number of carbonyl (C=O) groups excluding carboxylic acids is 2. The fourth-order valence-corrected chi connectivity index (χ4v) is 3.55. The van der Waals surface area contributed by atoms with E-state index >= 15 is 0 Å². The molecule has 0 fully saturated rings. The minimum absolute atomic E-state index is 0.325. The van der Waals surface area contributed by atoms with E-state index in [1.54, 1.807) is 49.4 Å². The van der Waals surface area contributed by atoms with Crippen molar-refractivity contribution in [3.63, 3.8) is 0 Å². The van der Waals surface area contributed by atoms with Crippen LogP contribution in [0.1, 0.15) is 22.8 Å². The Morgan fingerprint density at radius 2 is 1.57 bits per heavy atom. The summed E-state index contributed by atoms with van der Waals surface area (Å²) in [6, 6.07) is 25.0. The maximum absolute atomic E-state index is 12.5. The molecule has 0 aliphatic carbocycles. The molecule has 1 atom stereocenters. The highest BCUT2D eigenvalue weighted by Gasteiger charge is 2.15. The molecule has 4 aromatic rings. The first-order valence-corrected chi connectivity index (χ1v) is 11.5. The van der Waals surface area contributed by atoms with Crippen molar-refractivity contribution in [1.29, 1.82) is 0 Å². The van der Waals surface area contributed by atoms with Crippen LogP contribution in [0.15, 0.2) is 90.0 Å². The fourth-order valence-electron chi connectivity index (χ4n) is 3.55. The summed E-state index contributed by atoms with van der Waals surface area (Å²) < 4.78 is 21.7. The average Bonchev–Trinajstić information content (AvgIpc) is 2.93. The summed E-state index contributed by atoms with van der Waals surface area (Å²) in [5.74, 6) is 1.02. The molecule has 8 heteroatoms. The van der Waals surface area contributed by atoms with E-state index in [4.69, 9.17) is 18.9 Å². The van der Waals surface area contributed by atoms with Gasteiger partial charge in [0, 0.05) is 5.39 Å². The molecule has 0 aliphatic rings. The first-order valence-electron chi connectivity index (χ1n) is 11.5. The Morgan fingerprint density at radius 1 is 0.838 bits per heavy atom. The smallest absolute Gasteiger partial charge is 0.343 e. The molecule has 188 valence electrons. The minimum Gasteiger partial charge on any atom is -0.493 e. The van der Waals surface area contributed by atoms with Gasteiger partial charge in [0.25, 0.3) is 5.91 Å². The van der Waals surface area contributed by atoms with Crippen LogP contribution in [0, 0.1) is 0 Å². The summed E-state index contributed by atoms with van der Waals surface area (Å²) in [7, 11) is 3.02. The number of ether oxygens (including phenoxy) is 4. The molecule has 37 heavy (non-hydrogen) atoms. The number of rotatable bonds is 9. The number of carbonyl (C=O) groups is 2. The lowest BCUT2D eigenvalue weighted by Crippen LogP contribution is -2.33. The van der Waals surface area contributed by atoms with Crippen LogP contribution in [0.5, 0.6) is 23.0 Å². The van der Waals surface area contributed by atoms with E-state index in [1.807, 2.05) is 42.5 Å². The second-order valence-electron chi connectivity index (χ2n) is 8.00. The van der Waals surface area contributed by atoms with Gasteiger partial charge in [-0.2, -0.15) is 5.10 Å². The lowest BCUT2D eigenvalue weighted by atomic mass is 10.1. The van der Waals surface area contributed by atoms with Crippen molar-refractivity contribution in [1.82, 2.24) is 5.43 Å². The summed E-state index contributed by atoms with van der Waals surface area (Å²) >= 11 is 0.